The largest absolute Gasteiger partial charge is 0.468 e. The van der Waals surface area contributed by atoms with E-state index in [-0.39, 0.29) is 22.7 Å². The molecule has 0 fully saturated rings. The molecule has 112 valence electrons. The molecule has 0 saturated carbocycles. The van der Waals surface area contributed by atoms with E-state index in [4.69, 9.17) is 4.42 Å². The zero-order valence-corrected chi connectivity index (χ0v) is 12.3. The van der Waals surface area contributed by atoms with Crippen LogP contribution in [-0.2, 0) is 0 Å². The van der Waals surface area contributed by atoms with Gasteiger partial charge in [-0.3, -0.25) is 10.1 Å². The lowest BCUT2D eigenvalue weighted by atomic mass is 10.0. The van der Waals surface area contributed by atoms with Gasteiger partial charge < -0.3 is 9.73 Å². The van der Waals surface area contributed by atoms with Crippen LogP contribution in [0.15, 0.2) is 47.1 Å². The minimum atomic E-state index is -0.359. The normalized spacial score (nSPS) is 13.8. The molecule has 5 nitrogen and oxygen atoms in total. The summed E-state index contributed by atoms with van der Waals surface area (Å²) in [5, 5.41) is 14.4. The third kappa shape index (κ3) is 3.92. The van der Waals surface area contributed by atoms with Gasteiger partial charge in [0.15, 0.2) is 0 Å². The molecule has 1 unspecified atom stereocenters. The Balaban J connectivity index is 2.18. The standard InChI is InChI=1S/C16H20N2O3/c1-3-6-15(17-12(2)16-9-5-10-21-16)13-7-4-8-14(11-13)18(19)20/h4-5,7-12,15,17H,3,6H2,1-2H3/t12-,15?/m1/s1. The number of non-ortho nitro benzene ring substituents is 1. The fourth-order valence-corrected chi connectivity index (χ4v) is 2.41. The van der Waals surface area contributed by atoms with E-state index in [1.807, 2.05) is 25.1 Å². The van der Waals surface area contributed by atoms with Gasteiger partial charge in [-0.05, 0) is 31.0 Å². The predicted molar refractivity (Wildman–Crippen MR) is 81.0 cm³/mol. The van der Waals surface area contributed by atoms with E-state index in [2.05, 4.69) is 12.2 Å². The van der Waals surface area contributed by atoms with Gasteiger partial charge in [-0.15, -0.1) is 0 Å². The first-order valence-corrected chi connectivity index (χ1v) is 7.15. The van der Waals surface area contributed by atoms with Crippen LogP contribution >= 0.6 is 0 Å². The van der Waals surface area contributed by atoms with Gasteiger partial charge in [0.1, 0.15) is 5.76 Å². The SMILES string of the molecule is CCCC(N[C@H](C)c1ccco1)c1cccc([N+](=O)[O-])c1. The molecule has 0 aliphatic carbocycles. The van der Waals surface area contributed by atoms with Crippen molar-refractivity contribution in [1.82, 2.24) is 5.32 Å². The first-order chi connectivity index (χ1) is 10.1. The molecular formula is C16H20N2O3. The van der Waals surface area contributed by atoms with Gasteiger partial charge >= 0.3 is 0 Å². The second kappa shape index (κ2) is 7.04. The average molecular weight is 288 g/mol. The van der Waals surface area contributed by atoms with E-state index in [1.165, 1.54) is 6.07 Å². The highest BCUT2D eigenvalue weighted by Crippen LogP contribution is 2.26. The van der Waals surface area contributed by atoms with Gasteiger partial charge in [-0.2, -0.15) is 0 Å². The highest BCUT2D eigenvalue weighted by molar-refractivity contribution is 5.36. The van der Waals surface area contributed by atoms with Crippen LogP contribution in [-0.4, -0.2) is 4.92 Å². The van der Waals surface area contributed by atoms with Crippen molar-refractivity contribution in [2.45, 2.75) is 38.8 Å². The fraction of sp³-hybridized carbons (Fsp3) is 0.375. The number of benzene rings is 1. The molecule has 5 heteroatoms. The van der Waals surface area contributed by atoms with Crippen LogP contribution in [0.3, 0.4) is 0 Å². The molecule has 2 rings (SSSR count). The molecule has 0 radical (unpaired) electrons. The molecule has 1 N–H and O–H groups in total. The van der Waals surface area contributed by atoms with Crippen LogP contribution in [0.5, 0.6) is 0 Å². The fourth-order valence-electron chi connectivity index (χ4n) is 2.41. The monoisotopic (exact) mass is 288 g/mol. The summed E-state index contributed by atoms with van der Waals surface area (Å²) in [6.07, 6.45) is 3.55. The maximum Gasteiger partial charge on any atom is 0.269 e. The number of nitrogens with one attached hydrogen (secondary N) is 1. The Morgan fingerprint density at radius 1 is 1.33 bits per heavy atom. The Morgan fingerprint density at radius 3 is 2.76 bits per heavy atom. The molecule has 0 spiro atoms. The van der Waals surface area contributed by atoms with E-state index >= 15 is 0 Å². The van der Waals surface area contributed by atoms with Gasteiger partial charge in [-0.1, -0.05) is 25.5 Å². The summed E-state index contributed by atoms with van der Waals surface area (Å²) < 4.78 is 5.40. The number of nitrogens with zero attached hydrogens (tertiary/aromatic N) is 1. The molecule has 21 heavy (non-hydrogen) atoms. The van der Waals surface area contributed by atoms with Crippen molar-refractivity contribution in [1.29, 1.82) is 0 Å². The molecule has 0 aliphatic rings. The summed E-state index contributed by atoms with van der Waals surface area (Å²) >= 11 is 0. The van der Waals surface area contributed by atoms with Crippen molar-refractivity contribution < 1.29 is 9.34 Å². The number of nitro groups is 1. The quantitative estimate of drug-likeness (QED) is 0.606. The summed E-state index contributed by atoms with van der Waals surface area (Å²) in [5.41, 5.74) is 1.06. The highest BCUT2D eigenvalue weighted by atomic mass is 16.6. The van der Waals surface area contributed by atoms with E-state index in [0.717, 1.165) is 24.2 Å². The molecule has 2 atom stereocenters. The molecule has 0 bridgehead atoms. The van der Waals surface area contributed by atoms with E-state index < -0.39 is 0 Å². The number of rotatable bonds is 7. The lowest BCUT2D eigenvalue weighted by Crippen LogP contribution is -2.24. The van der Waals surface area contributed by atoms with E-state index in [9.17, 15) is 10.1 Å². The average Bonchev–Trinajstić information content (AvgIpc) is 3.01. The Hall–Kier alpha value is -2.14. The molecular weight excluding hydrogens is 268 g/mol. The summed E-state index contributed by atoms with van der Waals surface area (Å²) in [6.45, 7) is 4.13. The molecule has 0 amide bonds. The van der Waals surface area contributed by atoms with Gasteiger partial charge in [0.2, 0.25) is 0 Å². The summed E-state index contributed by atoms with van der Waals surface area (Å²) in [6, 6.07) is 10.7. The third-order valence-electron chi connectivity index (χ3n) is 3.48. The first-order valence-electron chi connectivity index (χ1n) is 7.15. The minimum absolute atomic E-state index is 0.0517. The van der Waals surface area contributed by atoms with Gasteiger partial charge in [0.05, 0.1) is 17.2 Å². The smallest absolute Gasteiger partial charge is 0.269 e. The van der Waals surface area contributed by atoms with Gasteiger partial charge in [0.25, 0.3) is 5.69 Å². The van der Waals surface area contributed by atoms with Crippen molar-refractivity contribution in [3.05, 3.63) is 64.1 Å². The molecule has 1 heterocycles. The molecule has 2 aromatic rings. The Kier molecular flexibility index (Phi) is 5.11. The van der Waals surface area contributed by atoms with Gasteiger partial charge in [0, 0.05) is 18.2 Å². The molecule has 1 aromatic carbocycles. The Labute approximate surface area is 124 Å². The van der Waals surface area contributed by atoms with Crippen molar-refractivity contribution in [3.63, 3.8) is 0 Å². The van der Waals surface area contributed by atoms with E-state index in [1.54, 1.807) is 18.4 Å². The van der Waals surface area contributed by atoms with Crippen LogP contribution in [0.25, 0.3) is 0 Å². The first kappa shape index (κ1) is 15.3. The molecule has 0 saturated heterocycles. The van der Waals surface area contributed by atoms with Crippen LogP contribution in [0.4, 0.5) is 5.69 Å². The van der Waals surface area contributed by atoms with Crippen molar-refractivity contribution >= 4 is 5.69 Å². The van der Waals surface area contributed by atoms with Crippen LogP contribution < -0.4 is 5.32 Å². The lowest BCUT2D eigenvalue weighted by molar-refractivity contribution is -0.384. The second-order valence-corrected chi connectivity index (χ2v) is 5.10. The lowest BCUT2D eigenvalue weighted by Gasteiger charge is -2.22. The maximum absolute atomic E-state index is 10.9. The maximum atomic E-state index is 10.9. The Bertz CT molecular complexity index is 581. The summed E-state index contributed by atoms with van der Waals surface area (Å²) in [7, 11) is 0. The predicted octanol–water partition coefficient (Wildman–Crippen LogP) is 4.38. The number of furan rings is 1. The highest BCUT2D eigenvalue weighted by Gasteiger charge is 2.18. The summed E-state index contributed by atoms with van der Waals surface area (Å²) in [5.74, 6) is 0.863. The molecule has 1 aromatic heterocycles. The van der Waals surface area contributed by atoms with Crippen LogP contribution in [0.1, 0.15) is 50.1 Å². The summed E-state index contributed by atoms with van der Waals surface area (Å²) in [4.78, 5) is 10.6. The van der Waals surface area contributed by atoms with E-state index in [0.29, 0.717) is 0 Å². The van der Waals surface area contributed by atoms with Crippen molar-refractivity contribution in [2.75, 3.05) is 0 Å². The topological polar surface area (TPSA) is 68.3 Å². The van der Waals surface area contributed by atoms with Gasteiger partial charge in [-0.25, -0.2) is 0 Å². The number of hydrogen-bond acceptors (Lipinski definition) is 4. The Morgan fingerprint density at radius 2 is 2.14 bits per heavy atom. The number of hydrogen-bond donors (Lipinski definition) is 1. The minimum Gasteiger partial charge on any atom is -0.468 e. The zero-order valence-electron chi connectivity index (χ0n) is 12.3. The second-order valence-electron chi connectivity index (χ2n) is 5.10. The van der Waals surface area contributed by atoms with Crippen molar-refractivity contribution in [2.24, 2.45) is 0 Å². The number of nitro benzene ring substituents is 1. The van der Waals surface area contributed by atoms with Crippen LogP contribution in [0, 0.1) is 10.1 Å². The third-order valence-corrected chi connectivity index (χ3v) is 3.48. The van der Waals surface area contributed by atoms with Crippen molar-refractivity contribution in [3.8, 4) is 0 Å². The van der Waals surface area contributed by atoms with Crippen LogP contribution in [0.2, 0.25) is 0 Å². The zero-order chi connectivity index (χ0) is 15.2. The molecule has 0 aliphatic heterocycles.